The predicted molar refractivity (Wildman–Crippen MR) is 165 cm³/mol. The fourth-order valence-corrected chi connectivity index (χ4v) is 5.29. The minimum absolute atomic E-state index is 0.0917. The second-order valence-electron chi connectivity index (χ2n) is 11.7. The van der Waals surface area contributed by atoms with E-state index in [-0.39, 0.29) is 55.6 Å². The Morgan fingerprint density at radius 2 is 0.780 bits per heavy atom. The smallest absolute Gasteiger partial charge is 0.359 e. The second kappa shape index (κ2) is 26.7. The van der Waals surface area contributed by atoms with Gasteiger partial charge in [0, 0.05) is 12.8 Å². The molecule has 0 unspecified atom stereocenters. The molecule has 0 atom stereocenters. The number of nitrogens with zero attached hydrogens (tertiary/aromatic N) is 1. The third kappa shape index (κ3) is 25.3. The molecule has 9 nitrogen and oxygen atoms in total. The van der Waals surface area contributed by atoms with E-state index in [1.165, 1.54) is 77.0 Å². The minimum Gasteiger partial charge on any atom is -0.477 e. The molecule has 0 aliphatic rings. The molecular formula is C32H62N3O6+. The molecule has 0 rings (SSSR count). The van der Waals surface area contributed by atoms with Crippen LogP contribution in [0.2, 0.25) is 0 Å². The molecule has 240 valence electrons. The number of hydrogen-bond acceptors (Lipinski definition) is 4. The Bertz CT molecular complexity index is 643. The van der Waals surface area contributed by atoms with Crippen molar-refractivity contribution in [3.05, 3.63) is 0 Å². The molecule has 0 aromatic heterocycles. The average molecular weight is 585 g/mol. The van der Waals surface area contributed by atoms with Crippen LogP contribution in [0.15, 0.2) is 0 Å². The van der Waals surface area contributed by atoms with Crippen LogP contribution in [0.3, 0.4) is 0 Å². The van der Waals surface area contributed by atoms with Gasteiger partial charge in [0.2, 0.25) is 11.8 Å². The van der Waals surface area contributed by atoms with E-state index in [4.69, 9.17) is 0 Å². The summed E-state index contributed by atoms with van der Waals surface area (Å²) in [4.78, 5) is 47.8. The van der Waals surface area contributed by atoms with Crippen LogP contribution < -0.4 is 10.6 Å². The van der Waals surface area contributed by atoms with E-state index in [1.807, 2.05) is 0 Å². The van der Waals surface area contributed by atoms with Crippen LogP contribution in [-0.2, 0) is 19.2 Å². The summed E-state index contributed by atoms with van der Waals surface area (Å²) in [5.41, 5.74) is 0. The van der Waals surface area contributed by atoms with Crippen LogP contribution in [-0.4, -0.2) is 77.7 Å². The Morgan fingerprint density at radius 1 is 0.488 bits per heavy atom. The standard InChI is InChI=1S/C32H61N3O6/c1-3-5-7-9-11-13-15-17-19-21-29(36)33-23-25-35(27-31(38)39,28-32(40)41)26-24-34-30(37)22-20-18-16-14-12-10-8-6-4-2/h3-28H2,1-2H3,(H3-,33,34,36,37,38,39,40,41)/p+1. The van der Waals surface area contributed by atoms with E-state index in [0.29, 0.717) is 12.8 Å². The molecule has 0 radical (unpaired) electrons. The average Bonchev–Trinajstić information content (AvgIpc) is 2.90. The van der Waals surface area contributed by atoms with Crippen LogP contribution in [0.4, 0.5) is 0 Å². The quantitative estimate of drug-likeness (QED) is 0.0600. The van der Waals surface area contributed by atoms with Crippen molar-refractivity contribution in [2.24, 2.45) is 0 Å². The summed E-state index contributed by atoms with van der Waals surface area (Å²) >= 11 is 0. The summed E-state index contributed by atoms with van der Waals surface area (Å²) in [5, 5.41) is 24.7. The molecule has 0 aliphatic carbocycles. The molecule has 2 amide bonds. The van der Waals surface area contributed by atoms with Gasteiger partial charge in [0.1, 0.15) is 0 Å². The normalized spacial score (nSPS) is 11.4. The van der Waals surface area contributed by atoms with E-state index in [1.54, 1.807) is 0 Å². The van der Waals surface area contributed by atoms with E-state index >= 15 is 0 Å². The van der Waals surface area contributed by atoms with Gasteiger partial charge in [-0.3, -0.25) is 9.59 Å². The van der Waals surface area contributed by atoms with E-state index in [0.717, 1.165) is 38.5 Å². The van der Waals surface area contributed by atoms with Gasteiger partial charge in [-0.25, -0.2) is 9.59 Å². The number of aliphatic carboxylic acids is 2. The van der Waals surface area contributed by atoms with Gasteiger partial charge in [-0.2, -0.15) is 0 Å². The lowest BCUT2D eigenvalue weighted by atomic mass is 10.1. The molecule has 0 bridgehead atoms. The Balaban J connectivity index is 4.38. The Hall–Kier alpha value is -2.16. The van der Waals surface area contributed by atoms with Gasteiger partial charge in [-0.15, -0.1) is 0 Å². The maximum Gasteiger partial charge on any atom is 0.359 e. The SMILES string of the molecule is CCCCCCCCCCCC(=O)NCC[N+](CCNC(=O)CCCCCCCCCCC)(CC(=O)O)CC(=O)O. The Labute approximate surface area is 249 Å². The summed E-state index contributed by atoms with van der Waals surface area (Å²) < 4.78 is -0.235. The first-order valence-corrected chi connectivity index (χ1v) is 16.6. The number of hydrogen-bond donors (Lipinski definition) is 4. The minimum atomic E-state index is -1.10. The molecular weight excluding hydrogens is 522 g/mol. The van der Waals surface area contributed by atoms with Crippen molar-refractivity contribution in [3.63, 3.8) is 0 Å². The monoisotopic (exact) mass is 584 g/mol. The first-order chi connectivity index (χ1) is 19.7. The van der Waals surface area contributed by atoms with Crippen molar-refractivity contribution in [1.29, 1.82) is 0 Å². The van der Waals surface area contributed by atoms with Gasteiger partial charge in [0.15, 0.2) is 13.1 Å². The molecule has 4 N–H and O–H groups in total. The maximum atomic E-state index is 12.3. The summed E-state index contributed by atoms with van der Waals surface area (Å²) in [6, 6.07) is 0. The van der Waals surface area contributed by atoms with Crippen molar-refractivity contribution in [3.8, 4) is 0 Å². The highest BCUT2D eigenvalue weighted by Crippen LogP contribution is 2.12. The van der Waals surface area contributed by atoms with Crippen molar-refractivity contribution in [1.82, 2.24) is 10.6 Å². The summed E-state index contributed by atoms with van der Waals surface area (Å²) in [5.74, 6) is -2.39. The number of amides is 2. The molecule has 0 aromatic carbocycles. The molecule has 0 fully saturated rings. The molecule has 0 saturated carbocycles. The number of carboxylic acids is 2. The van der Waals surface area contributed by atoms with Gasteiger partial charge in [-0.1, -0.05) is 117 Å². The van der Waals surface area contributed by atoms with Crippen molar-refractivity contribution < 1.29 is 33.9 Å². The Morgan fingerprint density at radius 3 is 1.07 bits per heavy atom. The van der Waals surface area contributed by atoms with Crippen molar-refractivity contribution in [2.45, 2.75) is 142 Å². The van der Waals surface area contributed by atoms with Crippen molar-refractivity contribution in [2.75, 3.05) is 39.3 Å². The predicted octanol–water partition coefficient (Wildman–Crippen LogP) is 6.05. The van der Waals surface area contributed by atoms with Crippen LogP contribution in [0, 0.1) is 0 Å². The van der Waals surface area contributed by atoms with Crippen LogP contribution in [0.1, 0.15) is 142 Å². The molecule has 41 heavy (non-hydrogen) atoms. The maximum absolute atomic E-state index is 12.3. The summed E-state index contributed by atoms with van der Waals surface area (Å²) in [6.45, 7) is 4.41. The number of rotatable bonds is 30. The van der Waals surface area contributed by atoms with Gasteiger partial charge in [0.05, 0.1) is 26.2 Å². The number of carboxylic acid groups (broad SMARTS) is 2. The first kappa shape index (κ1) is 38.8. The first-order valence-electron chi connectivity index (χ1n) is 16.6. The van der Waals surface area contributed by atoms with Gasteiger partial charge in [0.25, 0.3) is 0 Å². The number of nitrogens with one attached hydrogen (secondary N) is 2. The van der Waals surface area contributed by atoms with E-state index < -0.39 is 11.9 Å². The van der Waals surface area contributed by atoms with Crippen molar-refractivity contribution >= 4 is 23.8 Å². The van der Waals surface area contributed by atoms with E-state index in [9.17, 15) is 29.4 Å². The zero-order valence-electron chi connectivity index (χ0n) is 26.4. The molecule has 0 heterocycles. The molecule has 9 heteroatoms. The number of carbonyl (C=O) groups is 4. The summed E-state index contributed by atoms with van der Waals surface area (Å²) in [7, 11) is 0. The summed E-state index contributed by atoms with van der Waals surface area (Å²) in [6.07, 6.45) is 21.9. The third-order valence-electron chi connectivity index (χ3n) is 7.77. The molecule has 0 aromatic rings. The van der Waals surface area contributed by atoms with Gasteiger partial charge in [-0.05, 0) is 12.8 Å². The topological polar surface area (TPSA) is 133 Å². The van der Waals surface area contributed by atoms with Gasteiger partial charge >= 0.3 is 11.9 Å². The zero-order chi connectivity index (χ0) is 30.6. The number of unbranched alkanes of at least 4 members (excludes halogenated alkanes) is 16. The fourth-order valence-electron chi connectivity index (χ4n) is 5.29. The zero-order valence-corrected chi connectivity index (χ0v) is 26.4. The fraction of sp³-hybridized carbons (Fsp3) is 0.875. The second-order valence-corrected chi connectivity index (χ2v) is 11.7. The lowest BCUT2D eigenvalue weighted by Crippen LogP contribution is -2.59. The third-order valence-corrected chi connectivity index (χ3v) is 7.77. The number of quaternary nitrogens is 1. The highest BCUT2D eigenvalue weighted by Gasteiger charge is 2.33. The van der Waals surface area contributed by atoms with Gasteiger partial charge < -0.3 is 25.3 Å². The Kier molecular flexibility index (Phi) is 25.3. The lowest BCUT2D eigenvalue weighted by molar-refractivity contribution is -0.912. The molecule has 0 aliphatic heterocycles. The largest absolute Gasteiger partial charge is 0.477 e. The lowest BCUT2D eigenvalue weighted by Gasteiger charge is -2.36. The van der Waals surface area contributed by atoms with Crippen LogP contribution in [0.25, 0.3) is 0 Å². The number of carbonyl (C=O) groups excluding carboxylic acids is 2. The molecule has 0 saturated heterocycles. The highest BCUT2D eigenvalue weighted by atomic mass is 16.4. The van der Waals surface area contributed by atoms with Crippen LogP contribution in [0.5, 0.6) is 0 Å². The highest BCUT2D eigenvalue weighted by molar-refractivity contribution is 5.76. The van der Waals surface area contributed by atoms with E-state index in [2.05, 4.69) is 24.5 Å². The molecule has 0 spiro atoms. The van der Waals surface area contributed by atoms with Crippen LogP contribution >= 0.6 is 0 Å².